The molecule has 2 N–H and O–H groups in total. The molecule has 2 atom stereocenters. The third kappa shape index (κ3) is 4.23. The second-order valence-electron chi connectivity index (χ2n) is 7.73. The highest BCUT2D eigenvalue weighted by atomic mass is 16.5. The molecule has 3 rings (SSSR count). The van der Waals surface area contributed by atoms with Crippen LogP contribution in [0.25, 0.3) is 0 Å². The zero-order valence-electron chi connectivity index (χ0n) is 15.7. The van der Waals surface area contributed by atoms with Gasteiger partial charge in [0.15, 0.2) is 5.82 Å². The first-order valence-electron chi connectivity index (χ1n) is 9.60. The van der Waals surface area contributed by atoms with E-state index < -0.39 is 0 Å². The zero-order valence-corrected chi connectivity index (χ0v) is 15.7. The fourth-order valence-corrected chi connectivity index (χ4v) is 3.92. The van der Waals surface area contributed by atoms with Crippen molar-refractivity contribution in [3.63, 3.8) is 0 Å². The molecule has 0 aliphatic carbocycles. The highest BCUT2D eigenvalue weighted by Crippen LogP contribution is 2.33. The van der Waals surface area contributed by atoms with Gasteiger partial charge in [-0.2, -0.15) is 4.98 Å². The standard InChI is InChI=1S/C18H29N5O3/c1-12(2)16-20-17(26-21-16)14-7-3-4-9-23(14)18(25)13-6-5-8-22(10-13)11-15(19)24/h12-14H,3-11H2,1-2H3,(H2,19,24). The normalized spacial score (nSPS) is 24.8. The Hall–Kier alpha value is -1.96. The molecule has 2 fully saturated rings. The van der Waals surface area contributed by atoms with Gasteiger partial charge in [0.05, 0.1) is 12.5 Å². The first-order valence-corrected chi connectivity index (χ1v) is 9.60. The van der Waals surface area contributed by atoms with Gasteiger partial charge in [0.2, 0.25) is 17.7 Å². The molecule has 1 aromatic heterocycles. The summed E-state index contributed by atoms with van der Waals surface area (Å²) in [5.41, 5.74) is 5.31. The van der Waals surface area contributed by atoms with Crippen molar-refractivity contribution in [2.75, 3.05) is 26.2 Å². The highest BCUT2D eigenvalue weighted by molar-refractivity contribution is 5.80. The molecule has 2 amide bonds. The second-order valence-corrected chi connectivity index (χ2v) is 7.73. The van der Waals surface area contributed by atoms with E-state index in [9.17, 15) is 9.59 Å². The first-order chi connectivity index (χ1) is 12.5. The van der Waals surface area contributed by atoms with E-state index in [1.165, 1.54) is 0 Å². The Morgan fingerprint density at radius 1 is 1.23 bits per heavy atom. The predicted octanol–water partition coefficient (Wildman–Crippen LogP) is 1.44. The summed E-state index contributed by atoms with van der Waals surface area (Å²) in [5, 5.41) is 4.06. The number of amides is 2. The van der Waals surface area contributed by atoms with Crippen LogP contribution in [0.3, 0.4) is 0 Å². The maximum Gasteiger partial charge on any atom is 0.249 e. The number of rotatable bonds is 5. The lowest BCUT2D eigenvalue weighted by molar-refractivity contribution is -0.142. The van der Waals surface area contributed by atoms with E-state index >= 15 is 0 Å². The van der Waals surface area contributed by atoms with Gasteiger partial charge in [0.25, 0.3) is 0 Å². The third-order valence-corrected chi connectivity index (χ3v) is 5.28. The van der Waals surface area contributed by atoms with Crippen LogP contribution >= 0.6 is 0 Å². The smallest absolute Gasteiger partial charge is 0.249 e. The second kappa shape index (κ2) is 8.16. The monoisotopic (exact) mass is 363 g/mol. The average Bonchev–Trinajstić information content (AvgIpc) is 3.11. The minimum atomic E-state index is -0.346. The molecule has 2 aliphatic rings. The number of aromatic nitrogens is 2. The van der Waals surface area contributed by atoms with Gasteiger partial charge in [-0.05, 0) is 38.6 Å². The largest absolute Gasteiger partial charge is 0.369 e. The lowest BCUT2D eigenvalue weighted by Crippen LogP contribution is -2.48. The number of carbonyl (C=O) groups excluding carboxylic acids is 2. The topological polar surface area (TPSA) is 106 Å². The molecule has 2 unspecified atom stereocenters. The van der Waals surface area contributed by atoms with Gasteiger partial charge in [-0.3, -0.25) is 14.5 Å². The summed E-state index contributed by atoms with van der Waals surface area (Å²) in [5.74, 6) is 1.11. The summed E-state index contributed by atoms with van der Waals surface area (Å²) in [6, 6.07) is -0.136. The molecule has 0 saturated carbocycles. The molecule has 3 heterocycles. The van der Waals surface area contributed by atoms with Crippen LogP contribution in [0.5, 0.6) is 0 Å². The van der Waals surface area contributed by atoms with Crippen LogP contribution < -0.4 is 5.73 Å². The minimum absolute atomic E-state index is 0.101. The van der Waals surface area contributed by atoms with Crippen LogP contribution in [-0.2, 0) is 9.59 Å². The Kier molecular flexibility index (Phi) is 5.90. The van der Waals surface area contributed by atoms with Crippen molar-refractivity contribution in [2.24, 2.45) is 11.7 Å². The molecule has 144 valence electrons. The molecule has 2 saturated heterocycles. The van der Waals surface area contributed by atoms with E-state index in [1.807, 2.05) is 23.6 Å². The van der Waals surface area contributed by atoms with Gasteiger partial charge in [-0.15, -0.1) is 0 Å². The maximum atomic E-state index is 13.2. The van der Waals surface area contributed by atoms with Crippen molar-refractivity contribution < 1.29 is 14.1 Å². The highest BCUT2D eigenvalue weighted by Gasteiger charge is 2.37. The van der Waals surface area contributed by atoms with Crippen molar-refractivity contribution in [3.8, 4) is 0 Å². The van der Waals surface area contributed by atoms with Crippen molar-refractivity contribution in [1.82, 2.24) is 19.9 Å². The third-order valence-electron chi connectivity index (χ3n) is 5.28. The maximum absolute atomic E-state index is 13.2. The van der Waals surface area contributed by atoms with Crippen molar-refractivity contribution in [2.45, 2.75) is 57.9 Å². The van der Waals surface area contributed by atoms with Crippen LogP contribution in [0.2, 0.25) is 0 Å². The molecule has 2 aliphatic heterocycles. The zero-order chi connectivity index (χ0) is 18.7. The van der Waals surface area contributed by atoms with Gasteiger partial charge < -0.3 is 15.2 Å². The summed E-state index contributed by atoms with van der Waals surface area (Å²) >= 11 is 0. The van der Waals surface area contributed by atoms with Crippen molar-refractivity contribution in [3.05, 3.63) is 11.7 Å². The van der Waals surface area contributed by atoms with E-state index in [4.69, 9.17) is 10.3 Å². The molecule has 0 radical (unpaired) electrons. The quantitative estimate of drug-likeness (QED) is 0.849. The number of hydrogen-bond donors (Lipinski definition) is 1. The molecule has 0 spiro atoms. The summed E-state index contributed by atoms with van der Waals surface area (Å²) < 4.78 is 5.48. The molecule has 8 nitrogen and oxygen atoms in total. The number of piperidine rings is 2. The summed E-state index contributed by atoms with van der Waals surface area (Å²) in [7, 11) is 0. The molecule has 0 aromatic carbocycles. The molecule has 1 aromatic rings. The summed E-state index contributed by atoms with van der Waals surface area (Å²) in [6.45, 7) is 6.38. The summed E-state index contributed by atoms with van der Waals surface area (Å²) in [4.78, 5) is 32.8. The van der Waals surface area contributed by atoms with Gasteiger partial charge >= 0.3 is 0 Å². The van der Waals surface area contributed by atoms with Crippen LogP contribution in [0, 0.1) is 5.92 Å². The van der Waals surface area contributed by atoms with Gasteiger partial charge in [0.1, 0.15) is 6.04 Å². The molecule has 0 bridgehead atoms. The van der Waals surface area contributed by atoms with Crippen molar-refractivity contribution in [1.29, 1.82) is 0 Å². The van der Waals surface area contributed by atoms with E-state index in [-0.39, 0.29) is 36.2 Å². The minimum Gasteiger partial charge on any atom is -0.369 e. The van der Waals surface area contributed by atoms with Crippen molar-refractivity contribution >= 4 is 11.8 Å². The number of hydrogen-bond acceptors (Lipinski definition) is 6. The molecule has 26 heavy (non-hydrogen) atoms. The Morgan fingerprint density at radius 2 is 2.04 bits per heavy atom. The predicted molar refractivity (Wildman–Crippen MR) is 95.1 cm³/mol. The number of nitrogens with two attached hydrogens (primary N) is 1. The lowest BCUT2D eigenvalue weighted by atomic mass is 9.93. The van der Waals surface area contributed by atoms with Gasteiger partial charge in [0, 0.05) is 19.0 Å². The fraction of sp³-hybridized carbons (Fsp3) is 0.778. The number of primary amides is 1. The van der Waals surface area contributed by atoms with Gasteiger partial charge in [-0.1, -0.05) is 19.0 Å². The SMILES string of the molecule is CC(C)c1noc(C2CCCCN2C(=O)C2CCCN(CC(N)=O)C2)n1. The number of nitrogens with zero attached hydrogens (tertiary/aromatic N) is 4. The summed E-state index contributed by atoms with van der Waals surface area (Å²) in [6.07, 6.45) is 4.64. The van der Waals surface area contributed by atoms with E-state index in [0.29, 0.717) is 18.3 Å². The molecular formula is C18H29N5O3. The first kappa shape index (κ1) is 18.8. The van der Waals surface area contributed by atoms with Crippen LogP contribution in [0.1, 0.15) is 69.6 Å². The Morgan fingerprint density at radius 3 is 2.73 bits per heavy atom. The Bertz CT molecular complexity index is 645. The number of carbonyl (C=O) groups is 2. The Balaban J connectivity index is 1.72. The molecular weight excluding hydrogens is 334 g/mol. The number of likely N-dealkylation sites (tertiary alicyclic amines) is 2. The van der Waals surface area contributed by atoms with Crippen LogP contribution in [0.4, 0.5) is 0 Å². The fourth-order valence-electron chi connectivity index (χ4n) is 3.92. The van der Waals surface area contributed by atoms with E-state index in [1.54, 1.807) is 0 Å². The van der Waals surface area contributed by atoms with Crippen LogP contribution in [-0.4, -0.2) is 57.9 Å². The van der Waals surface area contributed by atoms with E-state index in [0.717, 1.165) is 45.2 Å². The average molecular weight is 363 g/mol. The van der Waals surface area contributed by atoms with E-state index in [2.05, 4.69) is 10.1 Å². The lowest BCUT2D eigenvalue weighted by Gasteiger charge is -2.38. The van der Waals surface area contributed by atoms with Crippen LogP contribution in [0.15, 0.2) is 4.52 Å². The molecule has 8 heteroatoms. The Labute approximate surface area is 154 Å². The van der Waals surface area contributed by atoms with Gasteiger partial charge in [-0.25, -0.2) is 0 Å².